The van der Waals surface area contributed by atoms with Crippen molar-refractivity contribution >= 4 is 17.4 Å². The van der Waals surface area contributed by atoms with Gasteiger partial charge in [0, 0.05) is 16.6 Å². The average molecular weight is 240 g/mol. The summed E-state index contributed by atoms with van der Waals surface area (Å²) >= 11 is 1.26. The maximum absolute atomic E-state index is 13.3. The molecule has 0 spiro atoms. The van der Waals surface area contributed by atoms with Gasteiger partial charge in [0.1, 0.15) is 6.33 Å². The van der Waals surface area contributed by atoms with E-state index in [9.17, 15) is 4.39 Å². The molecule has 3 N–H and O–H groups in total. The van der Waals surface area contributed by atoms with E-state index in [0.717, 1.165) is 0 Å². The molecule has 1 heterocycles. The van der Waals surface area contributed by atoms with Gasteiger partial charge in [0.05, 0.1) is 7.11 Å². The van der Waals surface area contributed by atoms with Crippen molar-refractivity contribution in [3.63, 3.8) is 0 Å². The summed E-state index contributed by atoms with van der Waals surface area (Å²) in [4.78, 5) is 4.60. The quantitative estimate of drug-likeness (QED) is 0.798. The Bertz CT molecular complexity index is 489. The lowest BCUT2D eigenvalue weighted by Gasteiger charge is -2.07. The van der Waals surface area contributed by atoms with E-state index in [1.165, 1.54) is 37.3 Å². The molecular weight excluding hydrogens is 231 g/mol. The predicted octanol–water partition coefficient (Wildman–Crippen LogP) is 1.69. The molecule has 0 atom stereocenters. The van der Waals surface area contributed by atoms with Crippen molar-refractivity contribution in [3.8, 4) is 5.75 Å². The van der Waals surface area contributed by atoms with Crippen LogP contribution in [0.1, 0.15) is 0 Å². The van der Waals surface area contributed by atoms with Crippen molar-refractivity contribution in [1.29, 1.82) is 0 Å². The molecule has 7 heteroatoms. The van der Waals surface area contributed by atoms with Gasteiger partial charge in [-0.05, 0) is 17.8 Å². The molecule has 0 saturated carbocycles. The standard InChI is InChI=1S/C9H9FN4OS/c1-15-7-3-8(6(11)2-5(7)10)16-9-12-4-13-14-9/h2-4H,11H2,1H3,(H,12,13,14). The van der Waals surface area contributed by atoms with Crippen LogP contribution in [0.4, 0.5) is 10.1 Å². The highest BCUT2D eigenvalue weighted by atomic mass is 32.2. The normalized spacial score (nSPS) is 10.4. The third-order valence-corrected chi connectivity index (χ3v) is 2.85. The highest BCUT2D eigenvalue weighted by Gasteiger charge is 2.10. The minimum absolute atomic E-state index is 0.149. The number of benzene rings is 1. The van der Waals surface area contributed by atoms with E-state index < -0.39 is 5.82 Å². The molecule has 0 saturated heterocycles. The van der Waals surface area contributed by atoms with Crippen molar-refractivity contribution in [2.24, 2.45) is 0 Å². The number of ether oxygens (including phenoxy) is 1. The van der Waals surface area contributed by atoms with Gasteiger partial charge in [0.2, 0.25) is 0 Å². The van der Waals surface area contributed by atoms with Crippen molar-refractivity contribution < 1.29 is 9.13 Å². The number of H-pyrrole nitrogens is 1. The van der Waals surface area contributed by atoms with E-state index in [-0.39, 0.29) is 5.75 Å². The topological polar surface area (TPSA) is 76.8 Å². The minimum atomic E-state index is -0.484. The second-order valence-electron chi connectivity index (χ2n) is 2.92. The highest BCUT2D eigenvalue weighted by Crippen LogP contribution is 2.34. The van der Waals surface area contributed by atoms with Crippen LogP contribution in [0.2, 0.25) is 0 Å². The van der Waals surface area contributed by atoms with Crippen LogP contribution in [0.25, 0.3) is 0 Å². The summed E-state index contributed by atoms with van der Waals surface area (Å²) in [6, 6.07) is 2.75. The zero-order valence-electron chi connectivity index (χ0n) is 8.40. The van der Waals surface area contributed by atoms with Gasteiger partial charge in [0.15, 0.2) is 16.7 Å². The maximum Gasteiger partial charge on any atom is 0.188 e. The molecule has 0 bridgehead atoms. The number of nitrogens with two attached hydrogens (primary N) is 1. The van der Waals surface area contributed by atoms with E-state index in [1.54, 1.807) is 0 Å². The summed E-state index contributed by atoms with van der Waals surface area (Å²) < 4.78 is 18.1. The monoisotopic (exact) mass is 240 g/mol. The number of hydrogen-bond donors (Lipinski definition) is 2. The smallest absolute Gasteiger partial charge is 0.188 e. The Balaban J connectivity index is 2.33. The number of nitrogens with one attached hydrogen (secondary N) is 1. The molecule has 0 fully saturated rings. The van der Waals surface area contributed by atoms with Gasteiger partial charge in [-0.3, -0.25) is 5.10 Å². The number of aromatic amines is 1. The van der Waals surface area contributed by atoms with Crippen molar-refractivity contribution in [2.75, 3.05) is 12.8 Å². The first-order valence-corrected chi connectivity index (χ1v) is 5.18. The van der Waals surface area contributed by atoms with Gasteiger partial charge in [0.25, 0.3) is 0 Å². The first-order chi connectivity index (χ1) is 7.70. The fourth-order valence-corrected chi connectivity index (χ4v) is 1.89. The predicted molar refractivity (Wildman–Crippen MR) is 57.9 cm³/mol. The van der Waals surface area contributed by atoms with Crippen LogP contribution in [0.15, 0.2) is 28.5 Å². The molecule has 84 valence electrons. The minimum Gasteiger partial charge on any atom is -0.494 e. The molecule has 0 radical (unpaired) electrons. The molecule has 0 aliphatic carbocycles. The van der Waals surface area contributed by atoms with Crippen LogP contribution in [-0.4, -0.2) is 22.3 Å². The van der Waals surface area contributed by atoms with E-state index >= 15 is 0 Å². The second kappa shape index (κ2) is 4.40. The lowest BCUT2D eigenvalue weighted by molar-refractivity contribution is 0.385. The number of rotatable bonds is 3. The Labute approximate surface area is 95.2 Å². The molecule has 0 aliphatic heterocycles. The molecular formula is C9H9FN4OS. The summed E-state index contributed by atoms with van der Waals surface area (Å²) in [5.41, 5.74) is 6.02. The number of aromatic nitrogens is 3. The summed E-state index contributed by atoms with van der Waals surface area (Å²) in [6.45, 7) is 0. The molecule has 2 aromatic rings. The summed E-state index contributed by atoms with van der Waals surface area (Å²) in [6.07, 6.45) is 1.39. The Morgan fingerprint density at radius 2 is 2.31 bits per heavy atom. The molecule has 0 aliphatic rings. The number of nitrogens with zero attached hydrogens (tertiary/aromatic N) is 2. The van der Waals surface area contributed by atoms with Gasteiger partial charge >= 0.3 is 0 Å². The largest absolute Gasteiger partial charge is 0.494 e. The Kier molecular flexibility index (Phi) is 2.95. The summed E-state index contributed by atoms with van der Waals surface area (Å²) in [5, 5.41) is 6.97. The van der Waals surface area contributed by atoms with E-state index in [4.69, 9.17) is 10.5 Å². The summed E-state index contributed by atoms with van der Waals surface area (Å²) in [5.74, 6) is -0.335. The van der Waals surface area contributed by atoms with Gasteiger partial charge in [-0.25, -0.2) is 9.37 Å². The van der Waals surface area contributed by atoms with Gasteiger partial charge < -0.3 is 10.5 Å². The van der Waals surface area contributed by atoms with Crippen LogP contribution in [0.3, 0.4) is 0 Å². The number of hydrogen-bond acceptors (Lipinski definition) is 5. The number of halogens is 1. The number of nitrogen functional groups attached to an aromatic ring is 1. The maximum atomic E-state index is 13.3. The van der Waals surface area contributed by atoms with Crippen molar-refractivity contribution in [3.05, 3.63) is 24.3 Å². The number of methoxy groups -OCH3 is 1. The van der Waals surface area contributed by atoms with Crippen LogP contribution >= 0.6 is 11.8 Å². The SMILES string of the molecule is COc1cc(Sc2ncn[nH]2)c(N)cc1F. The molecule has 16 heavy (non-hydrogen) atoms. The second-order valence-corrected chi connectivity index (χ2v) is 3.95. The molecule has 0 amide bonds. The first-order valence-electron chi connectivity index (χ1n) is 4.37. The third kappa shape index (κ3) is 2.08. The van der Waals surface area contributed by atoms with Crippen LogP contribution < -0.4 is 10.5 Å². The molecule has 2 rings (SSSR count). The Morgan fingerprint density at radius 1 is 1.50 bits per heavy atom. The van der Waals surface area contributed by atoms with Crippen LogP contribution in [0, 0.1) is 5.82 Å². The molecule has 5 nitrogen and oxygen atoms in total. The number of anilines is 1. The first kappa shape index (κ1) is 10.7. The zero-order chi connectivity index (χ0) is 11.5. The average Bonchev–Trinajstić information content (AvgIpc) is 2.75. The summed E-state index contributed by atoms with van der Waals surface area (Å²) in [7, 11) is 1.40. The molecule has 1 aromatic heterocycles. The Morgan fingerprint density at radius 3 is 2.94 bits per heavy atom. The van der Waals surface area contributed by atoms with E-state index in [1.807, 2.05) is 0 Å². The third-order valence-electron chi connectivity index (χ3n) is 1.88. The zero-order valence-corrected chi connectivity index (χ0v) is 9.21. The van der Waals surface area contributed by atoms with Crippen molar-refractivity contribution in [2.45, 2.75) is 10.1 Å². The highest BCUT2D eigenvalue weighted by molar-refractivity contribution is 7.99. The van der Waals surface area contributed by atoms with Gasteiger partial charge in [-0.2, -0.15) is 5.10 Å². The molecule has 1 aromatic carbocycles. The lowest BCUT2D eigenvalue weighted by atomic mass is 10.3. The Hall–Kier alpha value is -1.76. The van der Waals surface area contributed by atoms with E-state index in [0.29, 0.717) is 15.7 Å². The van der Waals surface area contributed by atoms with Crippen LogP contribution in [-0.2, 0) is 0 Å². The van der Waals surface area contributed by atoms with Gasteiger partial charge in [-0.15, -0.1) is 0 Å². The van der Waals surface area contributed by atoms with E-state index in [2.05, 4.69) is 15.2 Å². The fraction of sp³-hybridized carbons (Fsp3) is 0.111. The van der Waals surface area contributed by atoms with Crippen LogP contribution in [0.5, 0.6) is 5.75 Å². The lowest BCUT2D eigenvalue weighted by Crippen LogP contribution is -1.94. The van der Waals surface area contributed by atoms with Gasteiger partial charge in [-0.1, -0.05) is 0 Å². The fourth-order valence-electron chi connectivity index (χ4n) is 1.14. The van der Waals surface area contributed by atoms with Crippen molar-refractivity contribution in [1.82, 2.24) is 15.2 Å². The molecule has 0 unspecified atom stereocenters.